The molecule has 3 N–H and O–H groups in total. The molecule has 136 valence electrons. The number of hydrogen-bond donors (Lipinski definition) is 2. The summed E-state index contributed by atoms with van der Waals surface area (Å²) in [6, 6.07) is 7.40. The number of carbonyl (C=O) groups is 2. The van der Waals surface area contributed by atoms with Gasteiger partial charge in [0, 0.05) is 26.6 Å². The molecule has 1 aromatic carbocycles. The van der Waals surface area contributed by atoms with Crippen molar-refractivity contribution in [1.29, 1.82) is 0 Å². The summed E-state index contributed by atoms with van der Waals surface area (Å²) in [7, 11) is 0. The van der Waals surface area contributed by atoms with E-state index in [1.807, 2.05) is 31.2 Å². The van der Waals surface area contributed by atoms with E-state index >= 15 is 0 Å². The molecular weight excluding hydrogens is 320 g/mol. The van der Waals surface area contributed by atoms with Crippen LogP contribution in [0.15, 0.2) is 24.3 Å². The SMILES string of the molecule is CC(=O)N1c2ccccc2N(C(=O)C(CN)C2NCCCO2)C[C@@H]1C. The second kappa shape index (κ2) is 7.51. The van der Waals surface area contributed by atoms with Gasteiger partial charge >= 0.3 is 0 Å². The first-order chi connectivity index (χ1) is 12.0. The Morgan fingerprint density at radius 1 is 1.36 bits per heavy atom. The van der Waals surface area contributed by atoms with E-state index in [-0.39, 0.29) is 30.6 Å². The fraction of sp³-hybridized carbons (Fsp3) is 0.556. The van der Waals surface area contributed by atoms with E-state index < -0.39 is 5.92 Å². The molecule has 0 bridgehead atoms. The lowest BCUT2D eigenvalue weighted by atomic mass is 10.0. The fourth-order valence-corrected chi connectivity index (χ4v) is 3.66. The van der Waals surface area contributed by atoms with Gasteiger partial charge in [0.05, 0.1) is 23.3 Å². The van der Waals surface area contributed by atoms with Crippen molar-refractivity contribution in [3.63, 3.8) is 0 Å². The summed E-state index contributed by atoms with van der Waals surface area (Å²) in [4.78, 5) is 28.8. The summed E-state index contributed by atoms with van der Waals surface area (Å²) in [5.74, 6) is -0.548. The molecular formula is C18H26N4O3. The highest BCUT2D eigenvalue weighted by atomic mass is 16.5. The molecule has 7 heteroatoms. The number of ether oxygens (including phenoxy) is 1. The molecule has 0 radical (unpaired) electrons. The molecule has 1 saturated heterocycles. The van der Waals surface area contributed by atoms with Gasteiger partial charge in [-0.1, -0.05) is 12.1 Å². The fourth-order valence-electron chi connectivity index (χ4n) is 3.66. The lowest BCUT2D eigenvalue weighted by Crippen LogP contribution is -2.57. The van der Waals surface area contributed by atoms with Crippen LogP contribution < -0.4 is 20.9 Å². The van der Waals surface area contributed by atoms with Gasteiger partial charge in [0.15, 0.2) is 0 Å². The Bertz CT molecular complexity index is 645. The molecule has 0 aromatic heterocycles. The summed E-state index contributed by atoms with van der Waals surface area (Å²) in [5.41, 5.74) is 7.41. The normalized spacial score (nSPS) is 24.6. The van der Waals surface area contributed by atoms with Crippen molar-refractivity contribution in [3.05, 3.63) is 24.3 Å². The Morgan fingerprint density at radius 2 is 2.08 bits per heavy atom. The van der Waals surface area contributed by atoms with Crippen LogP contribution in [0, 0.1) is 5.92 Å². The summed E-state index contributed by atoms with van der Waals surface area (Å²) in [6.45, 7) is 5.60. The molecule has 2 heterocycles. The number of anilines is 2. The molecule has 0 spiro atoms. The molecule has 2 aliphatic rings. The molecule has 0 saturated carbocycles. The highest BCUT2D eigenvalue weighted by Crippen LogP contribution is 2.36. The predicted octanol–water partition coefficient (Wildman–Crippen LogP) is 0.686. The molecule has 2 aliphatic heterocycles. The highest BCUT2D eigenvalue weighted by molar-refractivity contribution is 6.04. The third-order valence-corrected chi connectivity index (χ3v) is 4.83. The smallest absolute Gasteiger partial charge is 0.235 e. The van der Waals surface area contributed by atoms with Crippen LogP contribution in [-0.2, 0) is 14.3 Å². The minimum Gasteiger partial charge on any atom is -0.362 e. The van der Waals surface area contributed by atoms with Gasteiger partial charge in [-0.05, 0) is 32.0 Å². The summed E-state index contributed by atoms with van der Waals surface area (Å²) < 4.78 is 5.71. The van der Waals surface area contributed by atoms with Crippen LogP contribution in [0.5, 0.6) is 0 Å². The molecule has 3 atom stereocenters. The van der Waals surface area contributed by atoms with Crippen LogP contribution in [0.1, 0.15) is 20.3 Å². The average molecular weight is 346 g/mol. The Balaban J connectivity index is 1.91. The Labute approximate surface area is 148 Å². The van der Waals surface area contributed by atoms with Crippen LogP contribution in [0.3, 0.4) is 0 Å². The molecule has 25 heavy (non-hydrogen) atoms. The molecule has 0 aliphatic carbocycles. The van der Waals surface area contributed by atoms with Gasteiger partial charge in [-0.3, -0.25) is 14.9 Å². The Hall–Kier alpha value is -1.96. The first kappa shape index (κ1) is 17.8. The van der Waals surface area contributed by atoms with Crippen LogP contribution in [0.4, 0.5) is 11.4 Å². The maximum Gasteiger partial charge on any atom is 0.235 e. The quantitative estimate of drug-likeness (QED) is 0.841. The maximum absolute atomic E-state index is 13.2. The number of nitrogens with two attached hydrogens (primary N) is 1. The first-order valence-electron chi connectivity index (χ1n) is 8.80. The van der Waals surface area contributed by atoms with Crippen molar-refractivity contribution in [1.82, 2.24) is 5.32 Å². The lowest BCUT2D eigenvalue weighted by Gasteiger charge is -2.42. The summed E-state index contributed by atoms with van der Waals surface area (Å²) >= 11 is 0. The minimum atomic E-state index is -0.454. The van der Waals surface area contributed by atoms with Crippen molar-refractivity contribution < 1.29 is 14.3 Å². The second-order valence-electron chi connectivity index (χ2n) is 6.62. The monoisotopic (exact) mass is 346 g/mol. The summed E-state index contributed by atoms with van der Waals surface area (Å²) in [6.07, 6.45) is 0.568. The van der Waals surface area contributed by atoms with Crippen molar-refractivity contribution >= 4 is 23.2 Å². The maximum atomic E-state index is 13.2. The van der Waals surface area contributed by atoms with Crippen LogP contribution in [0.2, 0.25) is 0 Å². The zero-order valence-electron chi connectivity index (χ0n) is 14.8. The number of nitrogens with one attached hydrogen (secondary N) is 1. The van der Waals surface area contributed by atoms with Gasteiger partial charge < -0.3 is 20.3 Å². The number of rotatable bonds is 3. The number of benzene rings is 1. The van der Waals surface area contributed by atoms with Gasteiger partial charge in [0.1, 0.15) is 6.23 Å². The third kappa shape index (κ3) is 3.40. The van der Waals surface area contributed by atoms with E-state index in [1.54, 1.807) is 16.7 Å². The first-order valence-corrected chi connectivity index (χ1v) is 8.80. The van der Waals surface area contributed by atoms with Crippen molar-refractivity contribution in [2.24, 2.45) is 11.7 Å². The van der Waals surface area contributed by atoms with Gasteiger partial charge in [-0.25, -0.2) is 0 Å². The zero-order valence-corrected chi connectivity index (χ0v) is 14.8. The lowest BCUT2D eigenvalue weighted by molar-refractivity contribution is -0.130. The molecule has 1 aromatic rings. The summed E-state index contributed by atoms with van der Waals surface area (Å²) in [5, 5.41) is 3.24. The third-order valence-electron chi connectivity index (χ3n) is 4.83. The zero-order chi connectivity index (χ0) is 18.0. The largest absolute Gasteiger partial charge is 0.362 e. The number of fused-ring (bicyclic) bond motifs is 1. The van der Waals surface area contributed by atoms with E-state index in [9.17, 15) is 9.59 Å². The predicted molar refractivity (Wildman–Crippen MR) is 96.3 cm³/mol. The standard InChI is InChI=1S/C18H26N4O3/c1-12-11-21(15-6-3-4-7-16(15)22(12)13(2)23)18(24)14(10-19)17-20-8-5-9-25-17/h3-4,6-7,12,14,17,20H,5,8-11,19H2,1-2H3/t12-,14?,17?/m0/s1. The second-order valence-corrected chi connectivity index (χ2v) is 6.62. The highest BCUT2D eigenvalue weighted by Gasteiger charge is 2.38. The number of carbonyl (C=O) groups excluding carboxylic acids is 2. The van der Waals surface area contributed by atoms with Gasteiger partial charge in [0.2, 0.25) is 11.8 Å². The molecule has 7 nitrogen and oxygen atoms in total. The Kier molecular flexibility index (Phi) is 5.36. The van der Waals surface area contributed by atoms with Crippen LogP contribution >= 0.6 is 0 Å². The number of amides is 2. The molecule has 2 unspecified atom stereocenters. The number of hydrogen-bond acceptors (Lipinski definition) is 5. The van der Waals surface area contributed by atoms with E-state index in [1.165, 1.54) is 0 Å². The number of nitrogens with zero attached hydrogens (tertiary/aromatic N) is 2. The van der Waals surface area contributed by atoms with Crippen molar-refractivity contribution in [3.8, 4) is 0 Å². The van der Waals surface area contributed by atoms with E-state index in [4.69, 9.17) is 10.5 Å². The van der Waals surface area contributed by atoms with Gasteiger partial charge in [0.25, 0.3) is 0 Å². The van der Waals surface area contributed by atoms with Crippen LogP contribution in [0.25, 0.3) is 0 Å². The van der Waals surface area contributed by atoms with Gasteiger partial charge in [-0.15, -0.1) is 0 Å². The van der Waals surface area contributed by atoms with E-state index in [0.29, 0.717) is 13.2 Å². The average Bonchev–Trinajstić information content (AvgIpc) is 2.62. The van der Waals surface area contributed by atoms with Crippen molar-refractivity contribution in [2.45, 2.75) is 32.5 Å². The molecule has 2 amide bonds. The van der Waals surface area contributed by atoms with Crippen LogP contribution in [-0.4, -0.2) is 50.3 Å². The number of para-hydroxylation sites is 2. The molecule has 3 rings (SSSR count). The minimum absolute atomic E-state index is 0.0281. The van der Waals surface area contributed by atoms with Gasteiger partial charge in [-0.2, -0.15) is 0 Å². The van der Waals surface area contributed by atoms with Crippen molar-refractivity contribution in [2.75, 3.05) is 36.0 Å². The van der Waals surface area contributed by atoms with E-state index in [2.05, 4.69) is 5.32 Å². The topological polar surface area (TPSA) is 87.9 Å². The Morgan fingerprint density at radius 3 is 2.68 bits per heavy atom. The van der Waals surface area contributed by atoms with E-state index in [0.717, 1.165) is 24.3 Å². The molecule has 1 fully saturated rings.